The van der Waals surface area contributed by atoms with Gasteiger partial charge >= 0.3 is 0 Å². The van der Waals surface area contributed by atoms with Gasteiger partial charge in [-0.25, -0.2) is 13.1 Å². The molecule has 0 aromatic heterocycles. The molecule has 1 unspecified atom stereocenters. The summed E-state index contributed by atoms with van der Waals surface area (Å²) in [6.07, 6.45) is 0.707. The van der Waals surface area contributed by atoms with Crippen molar-refractivity contribution in [3.8, 4) is 5.75 Å². The summed E-state index contributed by atoms with van der Waals surface area (Å²) in [5, 5.41) is 3.00. The average molecular weight is 300 g/mol. The lowest BCUT2D eigenvalue weighted by Crippen LogP contribution is -2.35. The van der Waals surface area contributed by atoms with Crippen LogP contribution in [0.2, 0.25) is 0 Å². The highest BCUT2D eigenvalue weighted by Crippen LogP contribution is 2.23. The van der Waals surface area contributed by atoms with E-state index in [1.165, 1.54) is 0 Å². The molecule has 1 fully saturated rings. The number of methoxy groups -OCH3 is 1. The van der Waals surface area contributed by atoms with Crippen molar-refractivity contribution in [1.29, 1.82) is 0 Å². The Hall–Kier alpha value is -1.15. The molecule has 7 heteroatoms. The van der Waals surface area contributed by atoms with Gasteiger partial charge in [0, 0.05) is 24.8 Å². The van der Waals surface area contributed by atoms with Gasteiger partial charge in [-0.15, -0.1) is 0 Å². The first kappa shape index (κ1) is 15.2. The first-order valence-corrected chi connectivity index (χ1v) is 7.96. The minimum Gasteiger partial charge on any atom is -0.496 e. The summed E-state index contributed by atoms with van der Waals surface area (Å²) in [4.78, 5) is 0.246. The molecule has 0 bridgehead atoms. The molecule has 20 heavy (non-hydrogen) atoms. The molecule has 6 nitrogen and oxygen atoms in total. The van der Waals surface area contributed by atoms with E-state index in [4.69, 9.17) is 9.47 Å². The molecule has 0 radical (unpaired) electrons. The van der Waals surface area contributed by atoms with Crippen LogP contribution in [0.4, 0.5) is 0 Å². The van der Waals surface area contributed by atoms with Crippen LogP contribution >= 0.6 is 0 Å². The molecule has 1 aliphatic heterocycles. The van der Waals surface area contributed by atoms with E-state index >= 15 is 0 Å². The van der Waals surface area contributed by atoms with Crippen LogP contribution in [-0.4, -0.2) is 41.8 Å². The lowest BCUT2D eigenvalue weighted by Gasteiger charge is -2.14. The second kappa shape index (κ2) is 6.53. The van der Waals surface area contributed by atoms with Crippen molar-refractivity contribution < 1.29 is 17.9 Å². The highest BCUT2D eigenvalue weighted by Gasteiger charge is 2.24. The number of sulfonamides is 1. The Kier molecular flexibility index (Phi) is 4.98. The Morgan fingerprint density at radius 3 is 2.85 bits per heavy atom. The van der Waals surface area contributed by atoms with Gasteiger partial charge in [-0.3, -0.25) is 0 Å². The van der Waals surface area contributed by atoms with Crippen molar-refractivity contribution in [2.45, 2.75) is 23.9 Å². The second-order valence-electron chi connectivity index (χ2n) is 4.69. The molecule has 0 spiro atoms. The Morgan fingerprint density at radius 2 is 2.25 bits per heavy atom. The zero-order valence-electron chi connectivity index (χ0n) is 11.7. The highest BCUT2D eigenvalue weighted by molar-refractivity contribution is 7.89. The van der Waals surface area contributed by atoms with Gasteiger partial charge in [0.05, 0.1) is 18.6 Å². The molecule has 0 saturated carbocycles. The van der Waals surface area contributed by atoms with E-state index in [9.17, 15) is 8.42 Å². The van der Waals surface area contributed by atoms with E-state index in [1.807, 2.05) is 0 Å². The lowest BCUT2D eigenvalue weighted by molar-refractivity contribution is 0.192. The van der Waals surface area contributed by atoms with E-state index in [-0.39, 0.29) is 10.9 Å². The third kappa shape index (κ3) is 3.49. The molecule has 2 rings (SSSR count). The predicted molar refractivity (Wildman–Crippen MR) is 75.3 cm³/mol. The van der Waals surface area contributed by atoms with Crippen molar-refractivity contribution in [3.05, 3.63) is 23.8 Å². The quantitative estimate of drug-likeness (QED) is 0.799. The molecule has 1 aromatic carbocycles. The van der Waals surface area contributed by atoms with E-state index in [1.54, 1.807) is 32.4 Å². The van der Waals surface area contributed by atoms with Gasteiger partial charge in [0.25, 0.3) is 0 Å². The van der Waals surface area contributed by atoms with Gasteiger partial charge in [-0.2, -0.15) is 0 Å². The number of nitrogens with one attached hydrogen (secondary N) is 2. The Labute approximate surface area is 119 Å². The summed E-state index contributed by atoms with van der Waals surface area (Å²) in [6.45, 7) is 1.57. The first-order valence-electron chi connectivity index (χ1n) is 6.48. The van der Waals surface area contributed by atoms with E-state index in [2.05, 4.69) is 10.0 Å². The molecule has 1 atom stereocenters. The molecule has 1 heterocycles. The summed E-state index contributed by atoms with van der Waals surface area (Å²) in [7, 11) is -0.156. The smallest absolute Gasteiger partial charge is 0.240 e. The van der Waals surface area contributed by atoms with Crippen molar-refractivity contribution in [2.75, 3.05) is 27.4 Å². The van der Waals surface area contributed by atoms with Crippen LogP contribution < -0.4 is 14.8 Å². The molecule has 0 amide bonds. The summed E-state index contributed by atoms with van der Waals surface area (Å²) < 4.78 is 37.7. The fourth-order valence-electron chi connectivity index (χ4n) is 2.17. The molecular formula is C13H20N2O4S. The van der Waals surface area contributed by atoms with Crippen LogP contribution in [0.5, 0.6) is 5.75 Å². The number of hydrogen-bond acceptors (Lipinski definition) is 5. The summed E-state index contributed by atoms with van der Waals surface area (Å²) in [6, 6.07) is 4.71. The maximum Gasteiger partial charge on any atom is 0.240 e. The third-order valence-electron chi connectivity index (χ3n) is 3.18. The maximum absolute atomic E-state index is 12.3. The fraction of sp³-hybridized carbons (Fsp3) is 0.538. The molecule has 1 aliphatic rings. The second-order valence-corrected chi connectivity index (χ2v) is 6.40. The zero-order chi connectivity index (χ0) is 14.6. The van der Waals surface area contributed by atoms with Gasteiger partial charge in [-0.05, 0) is 31.7 Å². The van der Waals surface area contributed by atoms with E-state index in [0.717, 1.165) is 5.56 Å². The molecule has 0 aliphatic carbocycles. The Morgan fingerprint density at radius 1 is 1.45 bits per heavy atom. The molecule has 1 saturated heterocycles. The Bertz CT molecular complexity index is 553. The SMILES string of the molecule is CNCc1cc(S(=O)(=O)NC2CCOC2)ccc1OC. The summed E-state index contributed by atoms with van der Waals surface area (Å²) in [5.74, 6) is 0.669. The van der Waals surface area contributed by atoms with Crippen LogP contribution in [0.1, 0.15) is 12.0 Å². The average Bonchev–Trinajstić information content (AvgIpc) is 2.91. The normalized spacial score (nSPS) is 19.2. The molecule has 2 N–H and O–H groups in total. The third-order valence-corrected chi connectivity index (χ3v) is 4.70. The van der Waals surface area contributed by atoms with Crippen LogP contribution in [0.15, 0.2) is 23.1 Å². The van der Waals surface area contributed by atoms with Crippen molar-refractivity contribution >= 4 is 10.0 Å². The van der Waals surface area contributed by atoms with Crippen molar-refractivity contribution in [2.24, 2.45) is 0 Å². The van der Waals surface area contributed by atoms with Gasteiger partial charge in [0.1, 0.15) is 5.75 Å². The predicted octanol–water partition coefficient (Wildman–Crippen LogP) is 0.482. The van der Waals surface area contributed by atoms with Gasteiger partial charge in [-0.1, -0.05) is 0 Å². The summed E-state index contributed by atoms with van der Waals surface area (Å²) in [5.41, 5.74) is 0.806. The maximum atomic E-state index is 12.3. The zero-order valence-corrected chi connectivity index (χ0v) is 12.5. The largest absolute Gasteiger partial charge is 0.496 e. The minimum absolute atomic E-state index is 0.144. The number of benzene rings is 1. The number of rotatable bonds is 6. The lowest BCUT2D eigenvalue weighted by atomic mass is 10.2. The minimum atomic E-state index is -3.52. The number of hydrogen-bond donors (Lipinski definition) is 2. The van der Waals surface area contributed by atoms with Crippen LogP contribution in [0.25, 0.3) is 0 Å². The van der Waals surface area contributed by atoms with Crippen molar-refractivity contribution in [1.82, 2.24) is 10.0 Å². The van der Waals surface area contributed by atoms with Crippen LogP contribution in [-0.2, 0) is 21.3 Å². The molecule has 1 aromatic rings. The fourth-order valence-corrected chi connectivity index (χ4v) is 3.47. The van der Waals surface area contributed by atoms with Crippen LogP contribution in [0.3, 0.4) is 0 Å². The van der Waals surface area contributed by atoms with E-state index in [0.29, 0.717) is 31.9 Å². The van der Waals surface area contributed by atoms with Gasteiger partial charge < -0.3 is 14.8 Å². The van der Waals surface area contributed by atoms with Gasteiger partial charge in [0.15, 0.2) is 0 Å². The molecular weight excluding hydrogens is 280 g/mol. The Balaban J connectivity index is 2.24. The standard InChI is InChI=1S/C13H20N2O4S/c1-14-8-10-7-12(3-4-13(10)18-2)20(16,17)15-11-5-6-19-9-11/h3-4,7,11,14-15H,5-6,8-9H2,1-2H3. The van der Waals surface area contributed by atoms with Crippen molar-refractivity contribution in [3.63, 3.8) is 0 Å². The van der Waals surface area contributed by atoms with Gasteiger partial charge in [0.2, 0.25) is 10.0 Å². The number of ether oxygens (including phenoxy) is 2. The van der Waals surface area contributed by atoms with E-state index < -0.39 is 10.0 Å². The topological polar surface area (TPSA) is 76.7 Å². The van der Waals surface area contributed by atoms with Crippen LogP contribution in [0, 0.1) is 0 Å². The molecule has 112 valence electrons. The first-order chi connectivity index (χ1) is 9.56. The summed E-state index contributed by atoms with van der Waals surface area (Å²) >= 11 is 0. The monoisotopic (exact) mass is 300 g/mol. The highest BCUT2D eigenvalue weighted by atomic mass is 32.2.